The number of methoxy groups -OCH3 is 1. The first kappa shape index (κ1) is 17.9. The zero-order valence-electron chi connectivity index (χ0n) is 12.1. The molecule has 0 radical (unpaired) electrons. The van der Waals surface area contributed by atoms with E-state index in [4.69, 9.17) is 4.74 Å². The van der Waals surface area contributed by atoms with Gasteiger partial charge in [-0.1, -0.05) is 12.1 Å². The van der Waals surface area contributed by atoms with E-state index in [9.17, 15) is 9.18 Å². The molecule has 6 heteroatoms. The number of hydrogen-bond acceptors (Lipinski definition) is 3. The lowest BCUT2D eigenvalue weighted by molar-refractivity contribution is -0.122. The number of ether oxygens (including phenoxy) is 1. The van der Waals surface area contributed by atoms with Crippen LogP contribution in [0.4, 0.5) is 4.39 Å². The molecule has 4 nitrogen and oxygen atoms in total. The van der Waals surface area contributed by atoms with Gasteiger partial charge in [0, 0.05) is 32.7 Å². The molecule has 1 amide bonds. The normalized spacial score (nSPS) is 19.7. The smallest absolute Gasteiger partial charge is 0.223 e. The first-order valence-corrected chi connectivity index (χ1v) is 6.95. The highest BCUT2D eigenvalue weighted by Crippen LogP contribution is 2.47. The fraction of sp³-hybridized carbons (Fsp3) is 0.533. The Morgan fingerprint density at radius 1 is 1.29 bits per heavy atom. The average molecular weight is 317 g/mol. The SMILES string of the molecule is COCCNCCNC(=O)C1CC1c1ccc(F)cc1.Cl. The van der Waals surface area contributed by atoms with Gasteiger partial charge in [0.15, 0.2) is 0 Å². The standard InChI is InChI=1S/C15H21FN2O2.ClH/c1-20-9-8-17-6-7-18-15(19)14-10-13(14)11-2-4-12(16)5-3-11;/h2-5,13-14,17H,6-10H2,1H3,(H,18,19);1H. The zero-order chi connectivity index (χ0) is 14.4. The summed E-state index contributed by atoms with van der Waals surface area (Å²) in [6.45, 7) is 2.81. The molecule has 1 aliphatic carbocycles. The van der Waals surface area contributed by atoms with Gasteiger partial charge in [-0.15, -0.1) is 12.4 Å². The molecule has 1 saturated carbocycles. The third kappa shape index (κ3) is 5.61. The molecular formula is C15H22ClFN2O2. The van der Waals surface area contributed by atoms with Gasteiger partial charge in [-0.05, 0) is 30.0 Å². The largest absolute Gasteiger partial charge is 0.383 e. The summed E-state index contributed by atoms with van der Waals surface area (Å²) in [6, 6.07) is 6.42. The number of halogens is 2. The minimum Gasteiger partial charge on any atom is -0.383 e. The zero-order valence-corrected chi connectivity index (χ0v) is 12.9. The van der Waals surface area contributed by atoms with Crippen LogP contribution in [0.5, 0.6) is 0 Å². The Balaban J connectivity index is 0.00000220. The second-order valence-corrected chi connectivity index (χ2v) is 5.03. The molecule has 2 N–H and O–H groups in total. The fourth-order valence-corrected chi connectivity index (χ4v) is 2.27. The summed E-state index contributed by atoms with van der Waals surface area (Å²) in [5.41, 5.74) is 1.05. The van der Waals surface area contributed by atoms with E-state index in [0.717, 1.165) is 25.1 Å². The molecule has 1 fully saturated rings. The Morgan fingerprint density at radius 2 is 2.00 bits per heavy atom. The molecule has 0 spiro atoms. The van der Waals surface area contributed by atoms with Crippen molar-refractivity contribution < 1.29 is 13.9 Å². The third-order valence-electron chi connectivity index (χ3n) is 3.51. The molecule has 0 aromatic heterocycles. The van der Waals surface area contributed by atoms with Crippen LogP contribution in [0.15, 0.2) is 24.3 Å². The van der Waals surface area contributed by atoms with Gasteiger partial charge in [0.1, 0.15) is 5.82 Å². The number of carbonyl (C=O) groups is 1. The maximum atomic E-state index is 12.8. The predicted octanol–water partition coefficient (Wildman–Crippen LogP) is 1.70. The molecular weight excluding hydrogens is 295 g/mol. The lowest BCUT2D eigenvalue weighted by Crippen LogP contribution is -2.34. The van der Waals surface area contributed by atoms with Crippen LogP contribution in [-0.2, 0) is 9.53 Å². The molecule has 2 atom stereocenters. The van der Waals surface area contributed by atoms with Crippen molar-refractivity contribution in [2.24, 2.45) is 5.92 Å². The highest BCUT2D eigenvalue weighted by atomic mass is 35.5. The Morgan fingerprint density at radius 3 is 2.67 bits per heavy atom. The highest BCUT2D eigenvalue weighted by Gasteiger charge is 2.43. The van der Waals surface area contributed by atoms with E-state index in [1.165, 1.54) is 12.1 Å². The minimum absolute atomic E-state index is 0. The number of benzene rings is 1. The molecule has 2 unspecified atom stereocenters. The van der Waals surface area contributed by atoms with Crippen LogP contribution < -0.4 is 10.6 Å². The van der Waals surface area contributed by atoms with Crippen molar-refractivity contribution >= 4 is 18.3 Å². The second-order valence-electron chi connectivity index (χ2n) is 5.03. The van der Waals surface area contributed by atoms with Crippen LogP contribution >= 0.6 is 12.4 Å². The summed E-state index contributed by atoms with van der Waals surface area (Å²) >= 11 is 0. The van der Waals surface area contributed by atoms with Crippen LogP contribution in [0.25, 0.3) is 0 Å². The van der Waals surface area contributed by atoms with Crippen LogP contribution in [0, 0.1) is 11.7 Å². The number of hydrogen-bond donors (Lipinski definition) is 2. The van der Waals surface area contributed by atoms with Crippen LogP contribution in [0.1, 0.15) is 17.9 Å². The average Bonchev–Trinajstić information content (AvgIpc) is 3.24. The van der Waals surface area contributed by atoms with E-state index in [2.05, 4.69) is 10.6 Å². The summed E-state index contributed by atoms with van der Waals surface area (Å²) < 4.78 is 17.7. The molecule has 1 aromatic rings. The third-order valence-corrected chi connectivity index (χ3v) is 3.51. The summed E-state index contributed by atoms with van der Waals surface area (Å²) in [6.07, 6.45) is 0.856. The van der Waals surface area contributed by atoms with Crippen molar-refractivity contribution in [3.8, 4) is 0 Å². The predicted molar refractivity (Wildman–Crippen MR) is 82.3 cm³/mol. The molecule has 0 bridgehead atoms. The molecule has 1 aliphatic rings. The summed E-state index contributed by atoms with van der Waals surface area (Å²) in [7, 11) is 1.66. The lowest BCUT2D eigenvalue weighted by atomic mass is 10.1. The van der Waals surface area contributed by atoms with Crippen molar-refractivity contribution in [2.45, 2.75) is 12.3 Å². The van der Waals surface area contributed by atoms with Crippen LogP contribution in [0.3, 0.4) is 0 Å². The Bertz CT molecular complexity index is 442. The lowest BCUT2D eigenvalue weighted by Gasteiger charge is -2.06. The fourth-order valence-electron chi connectivity index (χ4n) is 2.27. The molecule has 2 rings (SSSR count). The second kappa shape index (κ2) is 8.97. The van der Waals surface area contributed by atoms with E-state index in [0.29, 0.717) is 13.2 Å². The summed E-state index contributed by atoms with van der Waals surface area (Å²) in [5, 5.41) is 6.09. The Hall–Kier alpha value is -1.17. The van der Waals surface area contributed by atoms with Crippen molar-refractivity contribution in [3.63, 3.8) is 0 Å². The van der Waals surface area contributed by atoms with Crippen molar-refractivity contribution in [1.29, 1.82) is 0 Å². The summed E-state index contributed by atoms with van der Waals surface area (Å²) in [5.74, 6) is 0.141. The van der Waals surface area contributed by atoms with E-state index in [1.807, 2.05) is 0 Å². The van der Waals surface area contributed by atoms with E-state index < -0.39 is 0 Å². The monoisotopic (exact) mass is 316 g/mol. The molecule has 0 heterocycles. The molecule has 21 heavy (non-hydrogen) atoms. The number of carbonyl (C=O) groups excluding carboxylic acids is 1. The van der Waals surface area contributed by atoms with E-state index in [1.54, 1.807) is 19.2 Å². The number of nitrogens with one attached hydrogen (secondary N) is 2. The molecule has 1 aromatic carbocycles. The summed E-state index contributed by atoms with van der Waals surface area (Å²) in [4.78, 5) is 11.9. The number of amides is 1. The Labute approximate surface area is 130 Å². The highest BCUT2D eigenvalue weighted by molar-refractivity contribution is 5.85. The van der Waals surface area contributed by atoms with Gasteiger partial charge < -0.3 is 15.4 Å². The van der Waals surface area contributed by atoms with Crippen molar-refractivity contribution in [3.05, 3.63) is 35.6 Å². The molecule has 118 valence electrons. The molecule has 0 aliphatic heterocycles. The molecule has 0 saturated heterocycles. The maximum absolute atomic E-state index is 12.8. The number of rotatable bonds is 8. The topological polar surface area (TPSA) is 50.4 Å². The van der Waals surface area contributed by atoms with Gasteiger partial charge in [0.2, 0.25) is 5.91 Å². The maximum Gasteiger partial charge on any atom is 0.223 e. The van der Waals surface area contributed by atoms with Crippen molar-refractivity contribution in [1.82, 2.24) is 10.6 Å². The van der Waals surface area contributed by atoms with Gasteiger partial charge in [0.05, 0.1) is 6.61 Å². The van der Waals surface area contributed by atoms with Crippen LogP contribution in [0.2, 0.25) is 0 Å². The quantitative estimate of drug-likeness (QED) is 0.718. The van der Waals surface area contributed by atoms with Gasteiger partial charge in [-0.2, -0.15) is 0 Å². The van der Waals surface area contributed by atoms with E-state index >= 15 is 0 Å². The van der Waals surface area contributed by atoms with Crippen LogP contribution in [-0.4, -0.2) is 39.3 Å². The van der Waals surface area contributed by atoms with Gasteiger partial charge in [-0.25, -0.2) is 4.39 Å². The van der Waals surface area contributed by atoms with Gasteiger partial charge >= 0.3 is 0 Å². The van der Waals surface area contributed by atoms with E-state index in [-0.39, 0.29) is 36.0 Å². The minimum atomic E-state index is -0.238. The van der Waals surface area contributed by atoms with Gasteiger partial charge in [-0.3, -0.25) is 4.79 Å². The van der Waals surface area contributed by atoms with Gasteiger partial charge in [0.25, 0.3) is 0 Å². The first-order valence-electron chi connectivity index (χ1n) is 6.95. The Kier molecular flexibility index (Phi) is 7.64. The first-order chi connectivity index (χ1) is 9.72. The van der Waals surface area contributed by atoms with Crippen molar-refractivity contribution in [2.75, 3.05) is 33.4 Å².